The number of benzene rings is 3. The molecule has 1 fully saturated rings. The average molecular weight is 612 g/mol. The molecule has 1 aliphatic rings. The van der Waals surface area contributed by atoms with Gasteiger partial charge in [0, 0.05) is 23.7 Å². The minimum Gasteiger partial charge on any atom is -0.461 e. The molecule has 6 rings (SSSR count). The van der Waals surface area contributed by atoms with Crippen LogP contribution in [0.15, 0.2) is 84.9 Å². The first kappa shape index (κ1) is 29.8. The predicted octanol–water partition coefficient (Wildman–Crippen LogP) is 5.33. The van der Waals surface area contributed by atoms with Crippen LogP contribution in [0.25, 0.3) is 21.8 Å². The molecule has 1 saturated heterocycles. The Morgan fingerprint density at radius 3 is 2.61 bits per heavy atom. The summed E-state index contributed by atoms with van der Waals surface area (Å²) >= 11 is 0. The molecule has 0 spiro atoms. The lowest BCUT2D eigenvalue weighted by molar-refractivity contribution is 0.0474. The zero-order valence-electron chi connectivity index (χ0n) is 24.5. The van der Waals surface area contributed by atoms with Gasteiger partial charge in [0.1, 0.15) is 11.3 Å². The van der Waals surface area contributed by atoms with E-state index in [1.165, 1.54) is 12.8 Å². The van der Waals surface area contributed by atoms with Crippen LogP contribution in [-0.4, -0.2) is 43.1 Å². The highest BCUT2D eigenvalue weighted by Crippen LogP contribution is 2.29. The number of hydrogen-bond donors (Lipinski definition) is 3. The van der Waals surface area contributed by atoms with Gasteiger partial charge in [-0.3, -0.25) is 4.72 Å². The lowest BCUT2D eigenvalue weighted by atomic mass is 10.0. The topological polar surface area (TPSA) is 128 Å². The van der Waals surface area contributed by atoms with Crippen LogP contribution >= 0.6 is 0 Å². The van der Waals surface area contributed by atoms with Crippen molar-refractivity contribution in [1.82, 2.24) is 14.9 Å². The molecule has 0 radical (unpaired) electrons. The molecule has 2 aromatic heterocycles. The second kappa shape index (κ2) is 13.2. The molecule has 5 aromatic rings. The molecule has 0 saturated carbocycles. The fourth-order valence-electron chi connectivity index (χ4n) is 5.91. The van der Waals surface area contributed by atoms with Crippen LogP contribution in [0.3, 0.4) is 0 Å². The maximum absolute atomic E-state index is 13.5. The van der Waals surface area contributed by atoms with Crippen molar-refractivity contribution in [2.75, 3.05) is 17.9 Å². The molecule has 0 aliphatic carbocycles. The van der Waals surface area contributed by atoms with E-state index in [0.717, 1.165) is 41.1 Å². The molecular weight excluding hydrogens is 574 g/mol. The van der Waals surface area contributed by atoms with Crippen LogP contribution < -0.4 is 15.8 Å². The van der Waals surface area contributed by atoms with Crippen LogP contribution in [0.1, 0.15) is 53.0 Å². The van der Waals surface area contributed by atoms with Gasteiger partial charge in [-0.05, 0) is 78.0 Å². The molecule has 10 heteroatoms. The van der Waals surface area contributed by atoms with E-state index < -0.39 is 16.0 Å². The summed E-state index contributed by atoms with van der Waals surface area (Å²) in [6.07, 6.45) is 4.21. The number of sulfonamides is 1. The molecule has 0 unspecified atom stereocenters. The van der Waals surface area contributed by atoms with Crippen molar-refractivity contribution in [2.45, 2.75) is 50.6 Å². The lowest BCUT2D eigenvalue weighted by Gasteiger charge is -2.23. The largest absolute Gasteiger partial charge is 0.461 e. The van der Waals surface area contributed by atoms with Crippen molar-refractivity contribution in [3.63, 3.8) is 0 Å². The molecule has 0 amide bonds. The third-order valence-corrected chi connectivity index (χ3v) is 9.34. The highest BCUT2D eigenvalue weighted by molar-refractivity contribution is 7.91. The molecule has 4 N–H and O–H groups in total. The fraction of sp³-hybridized carbons (Fsp3) is 0.294. The van der Waals surface area contributed by atoms with E-state index in [-0.39, 0.29) is 18.8 Å². The van der Waals surface area contributed by atoms with Gasteiger partial charge in [-0.2, -0.15) is 0 Å². The lowest BCUT2D eigenvalue weighted by Crippen LogP contribution is -2.35. The van der Waals surface area contributed by atoms with Gasteiger partial charge < -0.3 is 20.4 Å². The number of rotatable bonds is 11. The van der Waals surface area contributed by atoms with Crippen LogP contribution in [-0.2, 0) is 33.6 Å². The number of piperidine rings is 1. The van der Waals surface area contributed by atoms with Gasteiger partial charge in [0.15, 0.2) is 0 Å². The molecular formula is C34H37N5O4S. The van der Waals surface area contributed by atoms with Gasteiger partial charge in [-0.25, -0.2) is 18.2 Å². The van der Waals surface area contributed by atoms with E-state index in [1.807, 2.05) is 71.3 Å². The zero-order chi connectivity index (χ0) is 30.5. The maximum atomic E-state index is 13.5. The Labute approximate surface area is 257 Å². The molecule has 9 nitrogen and oxygen atoms in total. The van der Waals surface area contributed by atoms with E-state index in [0.29, 0.717) is 40.9 Å². The van der Waals surface area contributed by atoms with E-state index in [1.54, 1.807) is 18.2 Å². The highest BCUT2D eigenvalue weighted by atomic mass is 32.2. The van der Waals surface area contributed by atoms with Crippen LogP contribution in [0.2, 0.25) is 0 Å². The van der Waals surface area contributed by atoms with Crippen molar-refractivity contribution >= 4 is 43.5 Å². The smallest absolute Gasteiger partial charge is 0.355 e. The van der Waals surface area contributed by atoms with Crippen molar-refractivity contribution in [1.29, 1.82) is 0 Å². The molecule has 3 aromatic carbocycles. The summed E-state index contributed by atoms with van der Waals surface area (Å²) in [6.45, 7) is 1.85. The Morgan fingerprint density at radius 1 is 1.00 bits per heavy atom. The molecule has 228 valence electrons. The number of nitrogens with two attached hydrogens (primary N) is 1. The molecule has 1 aliphatic heterocycles. The van der Waals surface area contributed by atoms with Gasteiger partial charge in [0.05, 0.1) is 24.6 Å². The Hall–Kier alpha value is -4.25. The zero-order valence-corrected chi connectivity index (χ0v) is 25.4. The van der Waals surface area contributed by atoms with Crippen LogP contribution in [0.4, 0.5) is 5.69 Å². The number of pyridine rings is 1. The SMILES string of the molecule is NCc1ccc2cc(C(=O)OCC[C@H]3CCCCN3)n(Cc3cc(NS(=O)(=O)Cc4ccccc4)cc4ccccc34)c2n1. The van der Waals surface area contributed by atoms with Crippen LogP contribution in [0.5, 0.6) is 0 Å². The first-order valence-electron chi connectivity index (χ1n) is 15.0. The summed E-state index contributed by atoms with van der Waals surface area (Å²) in [5.74, 6) is -0.562. The first-order chi connectivity index (χ1) is 21.4. The number of esters is 1. The summed E-state index contributed by atoms with van der Waals surface area (Å²) in [5.41, 5.74) is 9.61. The minimum absolute atomic E-state index is 0.142. The van der Waals surface area contributed by atoms with Gasteiger partial charge in [0.2, 0.25) is 10.0 Å². The van der Waals surface area contributed by atoms with Gasteiger partial charge in [0.25, 0.3) is 0 Å². The summed E-state index contributed by atoms with van der Waals surface area (Å²) in [7, 11) is -3.68. The Bertz CT molecular complexity index is 1880. The summed E-state index contributed by atoms with van der Waals surface area (Å²) in [6, 6.07) is 26.5. The third kappa shape index (κ3) is 6.93. The van der Waals surface area contributed by atoms with Crippen molar-refractivity contribution in [3.05, 3.63) is 107 Å². The summed E-state index contributed by atoms with van der Waals surface area (Å²) in [5, 5.41) is 6.11. The second-order valence-electron chi connectivity index (χ2n) is 11.3. The number of nitrogens with zero attached hydrogens (tertiary/aromatic N) is 2. The third-order valence-electron chi connectivity index (χ3n) is 8.08. The Kier molecular flexibility index (Phi) is 8.92. The average Bonchev–Trinajstić information content (AvgIpc) is 3.39. The summed E-state index contributed by atoms with van der Waals surface area (Å²) in [4.78, 5) is 18.3. The van der Waals surface area contributed by atoms with Gasteiger partial charge in [-0.15, -0.1) is 0 Å². The number of aromatic nitrogens is 2. The molecule has 3 heterocycles. The summed E-state index contributed by atoms with van der Waals surface area (Å²) < 4.78 is 36.7. The van der Waals surface area contributed by atoms with Crippen LogP contribution in [0, 0.1) is 0 Å². The first-order valence-corrected chi connectivity index (χ1v) is 16.7. The number of anilines is 1. The highest BCUT2D eigenvalue weighted by Gasteiger charge is 2.21. The number of ether oxygens (including phenoxy) is 1. The normalized spacial score (nSPS) is 15.4. The maximum Gasteiger partial charge on any atom is 0.355 e. The van der Waals surface area contributed by atoms with E-state index in [9.17, 15) is 13.2 Å². The van der Waals surface area contributed by atoms with Gasteiger partial charge in [-0.1, -0.05) is 61.0 Å². The standard InChI is InChI=1S/C34H37N5O4S/c35-21-29-14-13-26-20-32(34(40)43-17-15-28-11-6-7-16-36-28)39(33(26)37-29)22-27-19-30(18-25-10-4-5-12-31(25)27)38-44(41,42)23-24-8-2-1-3-9-24/h1-5,8-10,12-14,18-20,28,36,38H,6-7,11,15-17,21-23,35H2/t28-/m1/s1. The Morgan fingerprint density at radius 2 is 1.82 bits per heavy atom. The van der Waals surface area contributed by atoms with Crippen molar-refractivity contribution < 1.29 is 17.9 Å². The van der Waals surface area contributed by atoms with E-state index >= 15 is 0 Å². The number of carbonyl (C=O) groups excluding carboxylic acids is 1. The monoisotopic (exact) mass is 611 g/mol. The quantitative estimate of drug-likeness (QED) is 0.172. The van der Waals surface area contributed by atoms with Crippen molar-refractivity contribution in [3.8, 4) is 0 Å². The number of fused-ring (bicyclic) bond motifs is 2. The number of nitrogens with one attached hydrogen (secondary N) is 2. The fourth-order valence-corrected chi connectivity index (χ4v) is 7.09. The predicted molar refractivity (Wildman–Crippen MR) is 174 cm³/mol. The second-order valence-corrected chi connectivity index (χ2v) is 13.0. The van der Waals surface area contributed by atoms with E-state index in [4.69, 9.17) is 15.5 Å². The minimum atomic E-state index is -3.68. The van der Waals surface area contributed by atoms with E-state index in [2.05, 4.69) is 10.0 Å². The number of carbonyl (C=O) groups is 1. The number of hydrogen-bond acceptors (Lipinski definition) is 7. The molecule has 0 bridgehead atoms. The molecule has 44 heavy (non-hydrogen) atoms. The molecule has 1 atom stereocenters. The Balaban J connectivity index is 1.33. The van der Waals surface area contributed by atoms with Crippen molar-refractivity contribution in [2.24, 2.45) is 5.73 Å². The van der Waals surface area contributed by atoms with Gasteiger partial charge >= 0.3 is 5.97 Å².